The SMILES string of the molecule is N/C(CCOc1ccc2cc(Br)ccc2c1)=N\O. The van der Waals surface area contributed by atoms with Gasteiger partial charge in [0.25, 0.3) is 0 Å². The van der Waals surface area contributed by atoms with Crippen LogP contribution in [-0.2, 0) is 0 Å². The zero-order chi connectivity index (χ0) is 13.0. The number of hydrogen-bond acceptors (Lipinski definition) is 3. The summed E-state index contributed by atoms with van der Waals surface area (Å²) in [4.78, 5) is 0. The monoisotopic (exact) mass is 308 g/mol. The topological polar surface area (TPSA) is 67.8 Å². The number of hydrogen-bond donors (Lipinski definition) is 2. The smallest absolute Gasteiger partial charge is 0.142 e. The van der Waals surface area contributed by atoms with Crippen LogP contribution in [0.2, 0.25) is 0 Å². The molecule has 4 nitrogen and oxygen atoms in total. The fraction of sp³-hybridized carbons (Fsp3) is 0.154. The Kier molecular flexibility index (Phi) is 4.04. The quantitative estimate of drug-likeness (QED) is 0.395. The van der Waals surface area contributed by atoms with Gasteiger partial charge in [0.15, 0.2) is 0 Å². The van der Waals surface area contributed by atoms with Gasteiger partial charge in [-0.2, -0.15) is 0 Å². The molecule has 0 amide bonds. The van der Waals surface area contributed by atoms with Crippen LogP contribution in [-0.4, -0.2) is 17.6 Å². The summed E-state index contributed by atoms with van der Waals surface area (Å²) in [5.74, 6) is 0.940. The lowest BCUT2D eigenvalue weighted by atomic mass is 10.1. The highest BCUT2D eigenvalue weighted by molar-refractivity contribution is 9.10. The summed E-state index contributed by atoms with van der Waals surface area (Å²) in [6, 6.07) is 11.9. The molecule has 0 aromatic heterocycles. The van der Waals surface area contributed by atoms with Crippen molar-refractivity contribution in [2.75, 3.05) is 6.61 Å². The minimum absolute atomic E-state index is 0.166. The number of nitrogens with zero attached hydrogens (tertiary/aromatic N) is 1. The Morgan fingerprint density at radius 2 is 1.94 bits per heavy atom. The van der Waals surface area contributed by atoms with Crippen LogP contribution in [0.25, 0.3) is 10.8 Å². The van der Waals surface area contributed by atoms with Gasteiger partial charge < -0.3 is 15.7 Å². The van der Waals surface area contributed by atoms with Gasteiger partial charge in [0.1, 0.15) is 11.6 Å². The molecule has 0 fully saturated rings. The van der Waals surface area contributed by atoms with Crippen molar-refractivity contribution in [2.24, 2.45) is 10.9 Å². The second-order valence-electron chi connectivity index (χ2n) is 3.84. The average Bonchev–Trinajstić information content (AvgIpc) is 2.38. The van der Waals surface area contributed by atoms with Crippen molar-refractivity contribution in [3.63, 3.8) is 0 Å². The van der Waals surface area contributed by atoms with Gasteiger partial charge in [0.2, 0.25) is 0 Å². The number of rotatable bonds is 4. The molecular weight excluding hydrogens is 296 g/mol. The first kappa shape index (κ1) is 12.7. The first-order valence-electron chi connectivity index (χ1n) is 5.47. The molecule has 3 N–H and O–H groups in total. The summed E-state index contributed by atoms with van der Waals surface area (Å²) in [5.41, 5.74) is 5.36. The van der Waals surface area contributed by atoms with E-state index in [-0.39, 0.29) is 5.84 Å². The van der Waals surface area contributed by atoms with Crippen molar-refractivity contribution in [1.29, 1.82) is 0 Å². The molecule has 0 atom stereocenters. The van der Waals surface area contributed by atoms with E-state index in [1.165, 1.54) is 0 Å². The van der Waals surface area contributed by atoms with Crippen LogP contribution in [0.15, 0.2) is 46.0 Å². The Labute approximate surface area is 113 Å². The van der Waals surface area contributed by atoms with Crippen LogP contribution in [0.5, 0.6) is 5.75 Å². The Bertz CT molecular complexity index is 584. The van der Waals surface area contributed by atoms with Crippen molar-refractivity contribution in [2.45, 2.75) is 6.42 Å². The minimum Gasteiger partial charge on any atom is -0.493 e. The molecule has 2 aromatic rings. The predicted octanol–water partition coefficient (Wildman–Crippen LogP) is 3.12. The third-order valence-corrected chi connectivity index (χ3v) is 3.02. The predicted molar refractivity (Wildman–Crippen MR) is 75.2 cm³/mol. The summed E-state index contributed by atoms with van der Waals surface area (Å²) in [6.07, 6.45) is 0.398. The highest BCUT2D eigenvalue weighted by atomic mass is 79.9. The molecule has 0 bridgehead atoms. The van der Waals surface area contributed by atoms with E-state index in [0.29, 0.717) is 13.0 Å². The molecule has 2 rings (SSSR count). The van der Waals surface area contributed by atoms with Crippen LogP contribution < -0.4 is 10.5 Å². The van der Waals surface area contributed by atoms with E-state index in [1.807, 2.05) is 30.3 Å². The van der Waals surface area contributed by atoms with Gasteiger partial charge in [-0.15, -0.1) is 0 Å². The molecule has 0 aliphatic carbocycles. The fourth-order valence-electron chi connectivity index (χ4n) is 1.61. The maximum absolute atomic E-state index is 8.40. The number of amidine groups is 1. The molecule has 0 spiro atoms. The molecule has 5 heteroatoms. The van der Waals surface area contributed by atoms with Crippen molar-refractivity contribution in [3.8, 4) is 5.75 Å². The largest absolute Gasteiger partial charge is 0.493 e. The van der Waals surface area contributed by atoms with Crippen LogP contribution in [0.1, 0.15) is 6.42 Å². The Balaban J connectivity index is 2.08. The van der Waals surface area contributed by atoms with Crippen molar-refractivity contribution in [1.82, 2.24) is 0 Å². The summed E-state index contributed by atoms with van der Waals surface area (Å²) in [7, 11) is 0. The fourth-order valence-corrected chi connectivity index (χ4v) is 1.99. The lowest BCUT2D eigenvalue weighted by Gasteiger charge is -2.07. The first-order chi connectivity index (χ1) is 8.69. The Morgan fingerprint density at radius 1 is 1.22 bits per heavy atom. The number of halogens is 1. The molecule has 0 radical (unpaired) electrons. The van der Waals surface area contributed by atoms with Gasteiger partial charge >= 0.3 is 0 Å². The van der Waals surface area contributed by atoms with Gasteiger partial charge in [0.05, 0.1) is 6.61 Å². The number of oxime groups is 1. The van der Waals surface area contributed by atoms with Gasteiger partial charge in [-0.1, -0.05) is 33.2 Å². The summed E-state index contributed by atoms with van der Waals surface area (Å²) >= 11 is 3.43. The van der Waals surface area contributed by atoms with E-state index in [0.717, 1.165) is 21.0 Å². The van der Waals surface area contributed by atoms with Crippen molar-refractivity contribution >= 4 is 32.5 Å². The molecule has 0 aliphatic heterocycles. The molecule has 18 heavy (non-hydrogen) atoms. The Hall–Kier alpha value is -1.75. The number of fused-ring (bicyclic) bond motifs is 1. The van der Waals surface area contributed by atoms with E-state index < -0.39 is 0 Å². The summed E-state index contributed by atoms with van der Waals surface area (Å²) < 4.78 is 6.58. The van der Waals surface area contributed by atoms with Crippen LogP contribution in [0.3, 0.4) is 0 Å². The molecule has 0 aliphatic rings. The van der Waals surface area contributed by atoms with Gasteiger partial charge in [0, 0.05) is 10.9 Å². The van der Waals surface area contributed by atoms with Gasteiger partial charge in [-0.25, -0.2) is 0 Å². The third kappa shape index (κ3) is 3.13. The van der Waals surface area contributed by atoms with Crippen LogP contribution in [0, 0.1) is 0 Å². The Morgan fingerprint density at radius 3 is 2.72 bits per heavy atom. The van der Waals surface area contributed by atoms with E-state index in [4.69, 9.17) is 15.7 Å². The molecule has 2 aromatic carbocycles. The summed E-state index contributed by atoms with van der Waals surface area (Å²) in [5, 5.41) is 13.5. The second-order valence-corrected chi connectivity index (χ2v) is 4.76. The average molecular weight is 309 g/mol. The highest BCUT2D eigenvalue weighted by Gasteiger charge is 1.99. The molecule has 94 valence electrons. The van der Waals surface area contributed by atoms with Gasteiger partial charge in [-0.3, -0.25) is 0 Å². The maximum atomic E-state index is 8.40. The molecule has 0 heterocycles. The molecular formula is C13H13BrN2O2. The number of benzene rings is 2. The minimum atomic E-state index is 0.166. The van der Waals surface area contributed by atoms with Crippen molar-refractivity contribution < 1.29 is 9.94 Å². The molecule has 0 unspecified atom stereocenters. The summed E-state index contributed by atoms with van der Waals surface area (Å²) in [6.45, 7) is 0.387. The lowest BCUT2D eigenvalue weighted by molar-refractivity contribution is 0.306. The zero-order valence-corrected chi connectivity index (χ0v) is 11.2. The van der Waals surface area contributed by atoms with E-state index in [1.54, 1.807) is 0 Å². The normalized spacial score (nSPS) is 11.7. The molecule has 0 saturated carbocycles. The van der Waals surface area contributed by atoms with Gasteiger partial charge in [-0.05, 0) is 35.0 Å². The van der Waals surface area contributed by atoms with Crippen molar-refractivity contribution in [3.05, 3.63) is 40.9 Å². The maximum Gasteiger partial charge on any atom is 0.142 e. The van der Waals surface area contributed by atoms with E-state index in [9.17, 15) is 0 Å². The van der Waals surface area contributed by atoms with Crippen LogP contribution >= 0.6 is 15.9 Å². The zero-order valence-electron chi connectivity index (χ0n) is 9.64. The lowest BCUT2D eigenvalue weighted by Crippen LogP contribution is -2.15. The van der Waals surface area contributed by atoms with E-state index >= 15 is 0 Å². The van der Waals surface area contributed by atoms with Crippen LogP contribution in [0.4, 0.5) is 0 Å². The highest BCUT2D eigenvalue weighted by Crippen LogP contribution is 2.24. The standard InChI is InChI=1S/C13H13BrN2O2/c14-11-3-1-10-8-12(4-2-9(10)7-11)18-6-5-13(15)16-17/h1-4,7-8,17H,5-6H2,(H2,15,16). The number of nitrogens with two attached hydrogens (primary N) is 1. The third-order valence-electron chi connectivity index (χ3n) is 2.53. The number of ether oxygens (including phenoxy) is 1. The van der Waals surface area contributed by atoms with E-state index in [2.05, 4.69) is 27.2 Å². The molecule has 0 saturated heterocycles. The second kappa shape index (κ2) is 5.73. The first-order valence-corrected chi connectivity index (χ1v) is 6.27.